The van der Waals surface area contributed by atoms with Gasteiger partial charge in [-0.05, 0) is 12.8 Å². The molecule has 86 valence electrons. The highest BCUT2D eigenvalue weighted by atomic mass is 16.2. The number of hydrogen-bond acceptors (Lipinski definition) is 3. The molecule has 0 saturated carbocycles. The second-order valence-electron chi connectivity index (χ2n) is 3.96. The third-order valence-electron chi connectivity index (χ3n) is 2.90. The van der Waals surface area contributed by atoms with Gasteiger partial charge in [0, 0.05) is 13.1 Å². The van der Waals surface area contributed by atoms with Crippen LogP contribution in [0.15, 0.2) is 0 Å². The largest absolute Gasteiger partial charge is 0.368 e. The first-order chi connectivity index (χ1) is 7.11. The molecule has 1 heterocycles. The van der Waals surface area contributed by atoms with Crippen LogP contribution >= 0.6 is 0 Å². The summed E-state index contributed by atoms with van der Waals surface area (Å²) < 4.78 is 0. The van der Waals surface area contributed by atoms with Gasteiger partial charge in [-0.25, -0.2) is 0 Å². The topological polar surface area (TPSA) is 89.4 Å². The van der Waals surface area contributed by atoms with Crippen LogP contribution < -0.4 is 11.5 Å². The molecule has 0 aromatic rings. The molecule has 0 radical (unpaired) electrons. The Hall–Kier alpha value is -1.10. The Morgan fingerprint density at radius 3 is 2.53 bits per heavy atom. The van der Waals surface area contributed by atoms with E-state index in [2.05, 4.69) is 0 Å². The molecule has 1 rings (SSSR count). The molecule has 1 aliphatic heterocycles. The van der Waals surface area contributed by atoms with Crippen LogP contribution in [0.3, 0.4) is 0 Å². The van der Waals surface area contributed by atoms with E-state index in [0.717, 1.165) is 12.8 Å². The zero-order chi connectivity index (χ0) is 11.4. The number of likely N-dealkylation sites (tertiary alicyclic amines) is 1. The zero-order valence-electron chi connectivity index (χ0n) is 9.11. The van der Waals surface area contributed by atoms with Gasteiger partial charge >= 0.3 is 0 Å². The second kappa shape index (κ2) is 5.11. The van der Waals surface area contributed by atoms with Crippen LogP contribution in [-0.2, 0) is 9.59 Å². The van der Waals surface area contributed by atoms with Gasteiger partial charge in [0.2, 0.25) is 11.8 Å². The molecule has 1 fully saturated rings. The third-order valence-corrected chi connectivity index (χ3v) is 2.90. The van der Waals surface area contributed by atoms with Crippen molar-refractivity contribution in [2.24, 2.45) is 17.4 Å². The standard InChI is InChI=1S/C10H19N3O2/c1-2-3-7(6-11)10(15)13-5-4-8(13)9(12)14/h7-8H,2-6,11H2,1H3,(H2,12,14). The molecule has 5 nitrogen and oxygen atoms in total. The molecular formula is C10H19N3O2. The van der Waals surface area contributed by atoms with Crippen molar-refractivity contribution < 1.29 is 9.59 Å². The molecule has 2 atom stereocenters. The zero-order valence-corrected chi connectivity index (χ0v) is 9.11. The number of rotatable bonds is 5. The number of amides is 2. The second-order valence-corrected chi connectivity index (χ2v) is 3.96. The highest BCUT2D eigenvalue weighted by molar-refractivity contribution is 5.89. The highest BCUT2D eigenvalue weighted by Gasteiger charge is 2.38. The van der Waals surface area contributed by atoms with Crippen molar-refractivity contribution in [1.29, 1.82) is 0 Å². The Kier molecular flexibility index (Phi) is 4.08. The lowest BCUT2D eigenvalue weighted by atomic mass is 9.96. The minimum atomic E-state index is -0.415. The van der Waals surface area contributed by atoms with Crippen molar-refractivity contribution in [2.75, 3.05) is 13.1 Å². The van der Waals surface area contributed by atoms with Crippen LogP contribution in [0.2, 0.25) is 0 Å². The molecule has 0 aliphatic carbocycles. The fourth-order valence-corrected chi connectivity index (χ4v) is 1.87. The van der Waals surface area contributed by atoms with E-state index in [4.69, 9.17) is 11.5 Å². The molecule has 4 N–H and O–H groups in total. The summed E-state index contributed by atoms with van der Waals surface area (Å²) >= 11 is 0. The minimum Gasteiger partial charge on any atom is -0.368 e. The molecule has 0 bridgehead atoms. The molecular weight excluding hydrogens is 194 g/mol. The maximum Gasteiger partial charge on any atom is 0.240 e. The summed E-state index contributed by atoms with van der Waals surface area (Å²) in [6.45, 7) is 2.99. The van der Waals surface area contributed by atoms with Crippen LogP contribution in [0.25, 0.3) is 0 Å². The number of hydrogen-bond donors (Lipinski definition) is 2. The average molecular weight is 213 g/mol. The first kappa shape index (κ1) is 12.0. The van der Waals surface area contributed by atoms with Gasteiger partial charge in [-0.15, -0.1) is 0 Å². The molecule has 5 heteroatoms. The van der Waals surface area contributed by atoms with E-state index in [1.54, 1.807) is 4.90 Å². The van der Waals surface area contributed by atoms with Crippen LogP contribution in [0, 0.1) is 5.92 Å². The van der Waals surface area contributed by atoms with Crippen molar-refractivity contribution in [1.82, 2.24) is 4.90 Å². The van der Waals surface area contributed by atoms with Gasteiger partial charge in [0.1, 0.15) is 6.04 Å². The van der Waals surface area contributed by atoms with E-state index in [-0.39, 0.29) is 11.8 Å². The maximum atomic E-state index is 11.9. The summed E-state index contributed by atoms with van der Waals surface area (Å²) in [5, 5.41) is 0. The maximum absolute atomic E-state index is 11.9. The predicted molar refractivity (Wildman–Crippen MR) is 56.8 cm³/mol. The number of carbonyl (C=O) groups is 2. The van der Waals surface area contributed by atoms with Gasteiger partial charge in [0.05, 0.1) is 5.92 Å². The molecule has 0 spiro atoms. The van der Waals surface area contributed by atoms with Gasteiger partial charge in [-0.1, -0.05) is 13.3 Å². The predicted octanol–water partition coefficient (Wildman–Crippen LogP) is -0.552. The van der Waals surface area contributed by atoms with Crippen LogP contribution in [-0.4, -0.2) is 35.8 Å². The normalized spacial score (nSPS) is 22.0. The molecule has 0 aromatic heterocycles. The Balaban J connectivity index is 2.55. The Labute approximate surface area is 89.8 Å². The minimum absolute atomic E-state index is 0.0191. The first-order valence-electron chi connectivity index (χ1n) is 5.41. The Morgan fingerprint density at radius 2 is 2.20 bits per heavy atom. The monoisotopic (exact) mass is 213 g/mol. The molecule has 1 saturated heterocycles. The Bertz CT molecular complexity index is 255. The van der Waals surface area contributed by atoms with E-state index < -0.39 is 11.9 Å². The van der Waals surface area contributed by atoms with Crippen molar-refractivity contribution in [3.63, 3.8) is 0 Å². The molecule has 2 amide bonds. The molecule has 1 aliphatic rings. The fourth-order valence-electron chi connectivity index (χ4n) is 1.87. The summed E-state index contributed by atoms with van der Waals surface area (Å²) in [4.78, 5) is 24.4. The summed E-state index contributed by atoms with van der Waals surface area (Å²) in [6, 6.07) is -0.400. The van der Waals surface area contributed by atoms with Gasteiger partial charge in [0.15, 0.2) is 0 Å². The SMILES string of the molecule is CCCC(CN)C(=O)N1CCC1C(N)=O. The number of primary amides is 1. The van der Waals surface area contributed by atoms with Crippen LogP contribution in [0.5, 0.6) is 0 Å². The van der Waals surface area contributed by atoms with E-state index in [1.807, 2.05) is 6.92 Å². The molecule has 15 heavy (non-hydrogen) atoms. The van der Waals surface area contributed by atoms with E-state index in [9.17, 15) is 9.59 Å². The summed E-state index contributed by atoms with van der Waals surface area (Å²) in [7, 11) is 0. The molecule has 0 aromatic carbocycles. The quantitative estimate of drug-likeness (QED) is 0.642. The lowest BCUT2D eigenvalue weighted by Gasteiger charge is -2.40. The van der Waals surface area contributed by atoms with E-state index in [1.165, 1.54) is 0 Å². The van der Waals surface area contributed by atoms with Crippen molar-refractivity contribution in [3.8, 4) is 0 Å². The van der Waals surface area contributed by atoms with Crippen molar-refractivity contribution >= 4 is 11.8 Å². The third kappa shape index (κ3) is 2.47. The lowest BCUT2D eigenvalue weighted by Crippen LogP contribution is -2.59. The van der Waals surface area contributed by atoms with E-state index in [0.29, 0.717) is 19.5 Å². The first-order valence-corrected chi connectivity index (χ1v) is 5.41. The fraction of sp³-hybridized carbons (Fsp3) is 0.800. The van der Waals surface area contributed by atoms with Crippen LogP contribution in [0.1, 0.15) is 26.2 Å². The van der Waals surface area contributed by atoms with E-state index >= 15 is 0 Å². The highest BCUT2D eigenvalue weighted by Crippen LogP contribution is 2.21. The summed E-state index contributed by atoms with van der Waals surface area (Å²) in [6.07, 6.45) is 2.38. The number of carbonyl (C=O) groups excluding carboxylic acids is 2. The Morgan fingerprint density at radius 1 is 1.53 bits per heavy atom. The van der Waals surface area contributed by atoms with Gasteiger partial charge < -0.3 is 16.4 Å². The summed E-state index contributed by atoms with van der Waals surface area (Å²) in [5.41, 5.74) is 10.7. The molecule has 2 unspecified atom stereocenters. The number of nitrogens with zero attached hydrogens (tertiary/aromatic N) is 1. The van der Waals surface area contributed by atoms with Gasteiger partial charge in [-0.2, -0.15) is 0 Å². The van der Waals surface area contributed by atoms with Crippen molar-refractivity contribution in [3.05, 3.63) is 0 Å². The lowest BCUT2D eigenvalue weighted by molar-refractivity contribution is -0.149. The van der Waals surface area contributed by atoms with Gasteiger partial charge in [-0.3, -0.25) is 9.59 Å². The average Bonchev–Trinajstić information content (AvgIpc) is 2.11. The smallest absolute Gasteiger partial charge is 0.240 e. The van der Waals surface area contributed by atoms with Crippen LogP contribution in [0.4, 0.5) is 0 Å². The van der Waals surface area contributed by atoms with Gasteiger partial charge in [0.25, 0.3) is 0 Å². The van der Waals surface area contributed by atoms with Crippen molar-refractivity contribution in [2.45, 2.75) is 32.2 Å². The summed E-state index contributed by atoms with van der Waals surface area (Å²) in [5.74, 6) is -0.589. The number of nitrogens with two attached hydrogens (primary N) is 2.